The third-order valence-electron chi connectivity index (χ3n) is 5.99. The summed E-state index contributed by atoms with van der Waals surface area (Å²) in [7, 11) is 0. The van der Waals surface area contributed by atoms with Crippen molar-refractivity contribution in [2.75, 3.05) is 5.01 Å². The highest BCUT2D eigenvalue weighted by atomic mass is 35.5. The van der Waals surface area contributed by atoms with Crippen molar-refractivity contribution in [3.05, 3.63) is 52.3 Å². The molecule has 4 atom stereocenters. The maximum absolute atomic E-state index is 13.5. The number of amides is 1. The quantitative estimate of drug-likeness (QED) is 0.692. The van der Waals surface area contributed by atoms with Gasteiger partial charge in [-0.3, -0.25) is 9.80 Å². The van der Waals surface area contributed by atoms with Crippen molar-refractivity contribution in [2.45, 2.75) is 56.7 Å². The third kappa shape index (κ3) is 4.56. The first kappa shape index (κ1) is 21.3. The van der Waals surface area contributed by atoms with Crippen molar-refractivity contribution >= 4 is 40.5 Å². The minimum absolute atomic E-state index is 0.0226. The van der Waals surface area contributed by atoms with Crippen LogP contribution in [-0.4, -0.2) is 34.9 Å². The lowest BCUT2D eigenvalue weighted by Crippen LogP contribution is -2.47. The fourth-order valence-electron chi connectivity index (χ4n) is 4.33. The molecule has 160 valence electrons. The number of carbonyl (C=O) groups is 1. The molecule has 30 heavy (non-hydrogen) atoms. The van der Waals surface area contributed by atoms with Gasteiger partial charge in [0.15, 0.2) is 0 Å². The number of benzene rings is 1. The fourth-order valence-corrected chi connectivity index (χ4v) is 4.82. The lowest BCUT2D eigenvalue weighted by molar-refractivity contribution is -0.116. The Morgan fingerprint density at radius 1 is 1.27 bits per heavy atom. The molecular formula is C22H24Cl2FN3O2. The summed E-state index contributed by atoms with van der Waals surface area (Å²) in [5.41, 5.74) is 1.03. The van der Waals surface area contributed by atoms with Gasteiger partial charge in [-0.2, -0.15) is 5.10 Å². The van der Waals surface area contributed by atoms with Gasteiger partial charge in [0.2, 0.25) is 0 Å². The molecule has 5 nitrogen and oxygen atoms in total. The van der Waals surface area contributed by atoms with Gasteiger partial charge < -0.3 is 10.4 Å². The van der Waals surface area contributed by atoms with Crippen LogP contribution in [0.25, 0.3) is 0 Å². The van der Waals surface area contributed by atoms with E-state index in [1.807, 2.05) is 6.08 Å². The molecule has 0 bridgehead atoms. The molecule has 1 fully saturated rings. The van der Waals surface area contributed by atoms with Crippen LogP contribution in [0.15, 0.2) is 47.4 Å². The Balaban J connectivity index is 1.58. The van der Waals surface area contributed by atoms with E-state index in [0.29, 0.717) is 40.7 Å². The molecule has 2 aliphatic carbocycles. The van der Waals surface area contributed by atoms with E-state index in [1.165, 1.54) is 6.08 Å². The van der Waals surface area contributed by atoms with Crippen molar-refractivity contribution in [1.82, 2.24) is 5.32 Å². The predicted octanol–water partition coefficient (Wildman–Crippen LogP) is 4.78. The number of anilines is 1. The molecule has 2 unspecified atom stereocenters. The van der Waals surface area contributed by atoms with Crippen LogP contribution in [0.2, 0.25) is 10.0 Å². The van der Waals surface area contributed by atoms with Crippen molar-refractivity contribution in [1.29, 1.82) is 0 Å². The summed E-state index contributed by atoms with van der Waals surface area (Å²) < 4.78 is 13.5. The van der Waals surface area contributed by atoms with Crippen molar-refractivity contribution in [3.63, 3.8) is 0 Å². The Morgan fingerprint density at radius 3 is 2.77 bits per heavy atom. The molecule has 0 saturated heterocycles. The van der Waals surface area contributed by atoms with Crippen LogP contribution in [0.4, 0.5) is 10.1 Å². The number of nitrogens with one attached hydrogen (secondary N) is 1. The summed E-state index contributed by atoms with van der Waals surface area (Å²) in [4.78, 5) is 12.9. The van der Waals surface area contributed by atoms with E-state index in [0.717, 1.165) is 19.3 Å². The average molecular weight is 452 g/mol. The zero-order valence-electron chi connectivity index (χ0n) is 16.4. The Morgan fingerprint density at radius 2 is 2.07 bits per heavy atom. The van der Waals surface area contributed by atoms with Crippen molar-refractivity contribution < 1.29 is 14.3 Å². The van der Waals surface area contributed by atoms with Gasteiger partial charge >= 0.3 is 0 Å². The number of hydrazone groups is 1. The number of rotatable bonds is 4. The maximum Gasteiger partial charge on any atom is 0.267 e. The van der Waals surface area contributed by atoms with Crippen molar-refractivity contribution in [2.24, 2.45) is 11.0 Å². The van der Waals surface area contributed by atoms with Gasteiger partial charge in [-0.15, -0.1) is 0 Å². The number of aliphatic hydroxyl groups excluding tert-OH is 1. The van der Waals surface area contributed by atoms with Gasteiger partial charge in [0.25, 0.3) is 5.91 Å². The standard InChI is InChI=1S/C22H24Cl2FN3O2/c23-14-7-10-19(16(24)11-14)28-20(13-5-8-15(25)9-6-13)12-18(27-28)22(30)26-17-3-1-2-4-21(17)29/h5,7-11,13,17,20-21,29H,1-4,6,12H2,(H,26,30)/t13?,17-,20?,21-/m0/s1. The van der Waals surface area contributed by atoms with E-state index >= 15 is 0 Å². The molecule has 8 heteroatoms. The third-order valence-corrected chi connectivity index (χ3v) is 6.53. The lowest BCUT2D eigenvalue weighted by atomic mass is 9.88. The first-order chi connectivity index (χ1) is 14.4. The average Bonchev–Trinajstić information content (AvgIpc) is 3.15. The first-order valence-electron chi connectivity index (χ1n) is 10.3. The molecule has 0 radical (unpaired) electrons. The summed E-state index contributed by atoms with van der Waals surface area (Å²) in [5.74, 6) is -0.559. The van der Waals surface area contributed by atoms with E-state index in [9.17, 15) is 14.3 Å². The molecule has 1 aromatic rings. The van der Waals surface area contributed by atoms with Gasteiger partial charge in [0, 0.05) is 17.4 Å². The Kier molecular flexibility index (Phi) is 6.46. The number of carbonyl (C=O) groups excluding carboxylic acids is 1. The molecule has 1 aromatic carbocycles. The second kappa shape index (κ2) is 9.08. The SMILES string of the molecule is O=C(N[C@H]1CCCC[C@@H]1O)C1=NN(c2ccc(Cl)cc2Cl)C(C2C=CC(F)=CC2)C1. The summed E-state index contributed by atoms with van der Waals surface area (Å²) in [6, 6.07) is 4.70. The molecule has 0 spiro atoms. The number of nitrogens with zero attached hydrogens (tertiary/aromatic N) is 2. The Labute approximate surface area is 185 Å². The topological polar surface area (TPSA) is 64.9 Å². The van der Waals surface area contributed by atoms with Crippen LogP contribution in [0.3, 0.4) is 0 Å². The zero-order chi connectivity index (χ0) is 21.3. The summed E-state index contributed by atoms with van der Waals surface area (Å²) in [6.07, 6.45) is 8.59. The van der Waals surface area contributed by atoms with Crippen LogP contribution >= 0.6 is 23.2 Å². The fraction of sp³-hybridized carbons (Fsp3) is 0.455. The van der Waals surface area contributed by atoms with Crippen LogP contribution < -0.4 is 10.3 Å². The van der Waals surface area contributed by atoms with E-state index < -0.39 is 6.10 Å². The maximum atomic E-state index is 13.5. The number of halogens is 3. The zero-order valence-corrected chi connectivity index (χ0v) is 17.9. The first-order valence-corrected chi connectivity index (χ1v) is 11.0. The molecular weight excluding hydrogens is 428 g/mol. The number of aliphatic hydroxyl groups is 1. The van der Waals surface area contributed by atoms with E-state index in [1.54, 1.807) is 29.3 Å². The minimum Gasteiger partial charge on any atom is -0.391 e. The number of allylic oxidation sites excluding steroid dienone is 3. The van der Waals surface area contributed by atoms with Gasteiger partial charge in [0.05, 0.1) is 28.9 Å². The number of hydrogen-bond acceptors (Lipinski definition) is 4. The van der Waals surface area contributed by atoms with Crippen LogP contribution in [0.5, 0.6) is 0 Å². The highest BCUT2D eigenvalue weighted by Gasteiger charge is 2.37. The van der Waals surface area contributed by atoms with Crippen LogP contribution in [0.1, 0.15) is 38.5 Å². The smallest absolute Gasteiger partial charge is 0.267 e. The van der Waals surface area contributed by atoms with Crippen LogP contribution in [0, 0.1) is 5.92 Å². The molecule has 0 aromatic heterocycles. The molecule has 1 saturated carbocycles. The van der Waals surface area contributed by atoms with Gasteiger partial charge in [-0.05, 0) is 49.6 Å². The molecule has 1 heterocycles. The van der Waals surface area contributed by atoms with E-state index in [-0.39, 0.29) is 29.7 Å². The highest BCUT2D eigenvalue weighted by Crippen LogP contribution is 2.37. The second-order valence-corrected chi connectivity index (χ2v) is 8.88. The molecule has 1 amide bonds. The summed E-state index contributed by atoms with van der Waals surface area (Å²) in [5, 5.41) is 20.4. The van der Waals surface area contributed by atoms with Crippen LogP contribution in [-0.2, 0) is 4.79 Å². The van der Waals surface area contributed by atoms with E-state index in [2.05, 4.69) is 10.4 Å². The van der Waals surface area contributed by atoms with Crippen molar-refractivity contribution in [3.8, 4) is 0 Å². The summed E-state index contributed by atoms with van der Waals surface area (Å²) in [6.45, 7) is 0. The van der Waals surface area contributed by atoms with Gasteiger partial charge in [0.1, 0.15) is 11.5 Å². The monoisotopic (exact) mass is 451 g/mol. The van der Waals surface area contributed by atoms with E-state index in [4.69, 9.17) is 23.2 Å². The second-order valence-electron chi connectivity index (χ2n) is 8.04. The molecule has 4 rings (SSSR count). The summed E-state index contributed by atoms with van der Waals surface area (Å²) >= 11 is 12.5. The largest absolute Gasteiger partial charge is 0.391 e. The lowest BCUT2D eigenvalue weighted by Gasteiger charge is -2.30. The molecule has 1 aliphatic heterocycles. The number of hydrogen-bond donors (Lipinski definition) is 2. The molecule has 2 N–H and O–H groups in total. The van der Waals surface area contributed by atoms with Gasteiger partial charge in [-0.25, -0.2) is 4.39 Å². The minimum atomic E-state index is -0.531. The Hall–Kier alpha value is -1.89. The van der Waals surface area contributed by atoms with Gasteiger partial charge in [-0.1, -0.05) is 42.1 Å². The predicted molar refractivity (Wildman–Crippen MR) is 118 cm³/mol. The highest BCUT2D eigenvalue weighted by molar-refractivity contribution is 6.40. The Bertz CT molecular complexity index is 918. The normalized spacial score (nSPS) is 28.9. The molecule has 3 aliphatic rings.